The molecule has 2 heterocycles. The van der Waals surface area contributed by atoms with Crippen molar-refractivity contribution in [3.63, 3.8) is 0 Å². The zero-order valence-corrected chi connectivity index (χ0v) is 20.3. The minimum Gasteiger partial charge on any atom is -0.444 e. The molecule has 0 spiro atoms. The number of aryl methyl sites for hydroxylation is 2. The minimum absolute atomic E-state index is 0.0235. The predicted octanol–water partition coefficient (Wildman–Crippen LogP) is 0.963. The number of aromatic nitrogens is 4. The fourth-order valence-electron chi connectivity index (χ4n) is 3.61. The summed E-state index contributed by atoms with van der Waals surface area (Å²) in [5.74, 6) is 0.115. The van der Waals surface area contributed by atoms with Crippen LogP contribution in [0.15, 0.2) is 21.7 Å². The molecule has 0 bridgehead atoms. The van der Waals surface area contributed by atoms with Crippen molar-refractivity contribution in [3.05, 3.63) is 38.5 Å². The number of nitrogens with zero attached hydrogens (tertiary/aromatic N) is 3. The van der Waals surface area contributed by atoms with Gasteiger partial charge in [-0.2, -0.15) is 4.98 Å². The van der Waals surface area contributed by atoms with Crippen molar-refractivity contribution in [2.75, 3.05) is 25.0 Å². The number of aliphatic hydroxyl groups is 2. The average molecular weight is 489 g/mol. The highest BCUT2D eigenvalue weighted by atomic mass is 16.6. The van der Waals surface area contributed by atoms with Gasteiger partial charge >= 0.3 is 11.8 Å². The lowest BCUT2D eigenvalue weighted by molar-refractivity contribution is 0.0530. The van der Waals surface area contributed by atoms with Gasteiger partial charge in [0.05, 0.1) is 17.1 Å². The van der Waals surface area contributed by atoms with E-state index in [1.807, 2.05) is 19.1 Å². The van der Waals surface area contributed by atoms with Crippen LogP contribution in [-0.2, 0) is 11.3 Å². The van der Waals surface area contributed by atoms with Crippen LogP contribution in [-0.4, -0.2) is 67.2 Å². The second-order valence-electron chi connectivity index (χ2n) is 9.27. The number of aliphatic hydroxyl groups excluding tert-OH is 2. The first kappa shape index (κ1) is 26.1. The van der Waals surface area contributed by atoms with Crippen LogP contribution >= 0.6 is 0 Å². The zero-order valence-electron chi connectivity index (χ0n) is 20.3. The lowest BCUT2D eigenvalue weighted by Gasteiger charge is -2.20. The van der Waals surface area contributed by atoms with Gasteiger partial charge in [-0.25, -0.2) is 14.6 Å². The summed E-state index contributed by atoms with van der Waals surface area (Å²) < 4.78 is 6.90. The van der Waals surface area contributed by atoms with Crippen molar-refractivity contribution >= 4 is 22.8 Å². The Hall–Kier alpha value is -3.51. The van der Waals surface area contributed by atoms with E-state index in [4.69, 9.17) is 9.84 Å². The SMILES string of the molecule is Cc1cc2nc3c(=O)[nH]c(=O)nc-3n(CCC(O)CCO)c2cc1NCCNC(=O)OC(C)(C)C. The van der Waals surface area contributed by atoms with Crippen LogP contribution in [0.25, 0.3) is 22.6 Å². The molecule has 0 radical (unpaired) electrons. The Kier molecular flexibility index (Phi) is 8.07. The number of alkyl carbamates (subject to hydrolysis) is 1. The third-order valence-electron chi connectivity index (χ3n) is 5.21. The molecule has 190 valence electrons. The van der Waals surface area contributed by atoms with Gasteiger partial charge in [0.2, 0.25) is 0 Å². The van der Waals surface area contributed by atoms with Crippen molar-refractivity contribution in [1.82, 2.24) is 24.8 Å². The molecule has 3 rings (SSSR count). The van der Waals surface area contributed by atoms with E-state index < -0.39 is 29.0 Å². The Balaban J connectivity index is 1.92. The van der Waals surface area contributed by atoms with Gasteiger partial charge in [-0.05, 0) is 58.2 Å². The lowest BCUT2D eigenvalue weighted by Crippen LogP contribution is -2.35. The molecule has 1 aromatic carbocycles. The molecule has 1 aromatic rings. The highest BCUT2D eigenvalue weighted by Crippen LogP contribution is 2.27. The van der Waals surface area contributed by atoms with Crippen LogP contribution in [0.4, 0.5) is 10.5 Å². The molecule has 5 N–H and O–H groups in total. The first-order valence-electron chi connectivity index (χ1n) is 11.4. The lowest BCUT2D eigenvalue weighted by atomic mass is 10.1. The van der Waals surface area contributed by atoms with Gasteiger partial charge in [-0.1, -0.05) is 0 Å². The maximum absolute atomic E-state index is 12.4. The van der Waals surface area contributed by atoms with Crippen molar-refractivity contribution in [2.24, 2.45) is 0 Å². The fraction of sp³-hybridized carbons (Fsp3) is 0.522. The maximum atomic E-state index is 12.4. The van der Waals surface area contributed by atoms with E-state index in [2.05, 4.69) is 25.6 Å². The van der Waals surface area contributed by atoms with E-state index in [1.54, 1.807) is 25.3 Å². The second-order valence-corrected chi connectivity index (χ2v) is 9.27. The van der Waals surface area contributed by atoms with Gasteiger partial charge in [0.1, 0.15) is 5.60 Å². The summed E-state index contributed by atoms with van der Waals surface area (Å²) in [5, 5.41) is 25.2. The predicted molar refractivity (Wildman–Crippen MR) is 131 cm³/mol. The van der Waals surface area contributed by atoms with Crippen molar-refractivity contribution < 1.29 is 19.7 Å². The van der Waals surface area contributed by atoms with E-state index in [1.165, 1.54) is 0 Å². The third-order valence-corrected chi connectivity index (χ3v) is 5.21. The number of H-pyrrole nitrogens is 1. The highest BCUT2D eigenvalue weighted by Gasteiger charge is 2.20. The first-order chi connectivity index (χ1) is 16.5. The molecule has 12 nitrogen and oxygen atoms in total. The Labute approximate surface area is 201 Å². The van der Waals surface area contributed by atoms with Crippen molar-refractivity contribution in [3.8, 4) is 11.5 Å². The summed E-state index contributed by atoms with van der Waals surface area (Å²) in [6.45, 7) is 8.09. The summed E-state index contributed by atoms with van der Waals surface area (Å²) in [7, 11) is 0. The highest BCUT2D eigenvalue weighted by molar-refractivity contribution is 5.84. The summed E-state index contributed by atoms with van der Waals surface area (Å²) >= 11 is 0. The van der Waals surface area contributed by atoms with Crippen LogP contribution in [0, 0.1) is 6.92 Å². The van der Waals surface area contributed by atoms with Crippen molar-refractivity contribution in [2.45, 2.75) is 58.8 Å². The number of amides is 1. The Morgan fingerprint density at radius 1 is 1.20 bits per heavy atom. The molecular weight excluding hydrogens is 456 g/mol. The van der Waals surface area contributed by atoms with Crippen LogP contribution in [0.3, 0.4) is 0 Å². The maximum Gasteiger partial charge on any atom is 0.407 e. The van der Waals surface area contributed by atoms with Crippen LogP contribution in [0.2, 0.25) is 0 Å². The van der Waals surface area contributed by atoms with Gasteiger partial charge < -0.3 is 30.2 Å². The number of carbonyl (C=O) groups excluding carboxylic acids is 1. The second kappa shape index (κ2) is 10.8. The molecule has 0 aromatic heterocycles. The average Bonchev–Trinajstić information content (AvgIpc) is 2.74. The normalized spacial score (nSPS) is 12.6. The van der Waals surface area contributed by atoms with Gasteiger partial charge in [0.25, 0.3) is 5.56 Å². The fourth-order valence-corrected chi connectivity index (χ4v) is 3.61. The van der Waals surface area contributed by atoms with E-state index in [0.29, 0.717) is 24.1 Å². The number of fused-ring (bicyclic) bond motifs is 2. The molecule has 12 heteroatoms. The zero-order chi connectivity index (χ0) is 25.8. The Morgan fingerprint density at radius 3 is 2.63 bits per heavy atom. The molecule has 0 saturated carbocycles. The number of rotatable bonds is 9. The summed E-state index contributed by atoms with van der Waals surface area (Å²) in [6, 6.07) is 3.64. The largest absolute Gasteiger partial charge is 0.444 e. The van der Waals surface area contributed by atoms with E-state index in [0.717, 1.165) is 11.3 Å². The van der Waals surface area contributed by atoms with Gasteiger partial charge in [-0.3, -0.25) is 9.78 Å². The summed E-state index contributed by atoms with van der Waals surface area (Å²) in [5.41, 5.74) is 0.775. The van der Waals surface area contributed by atoms with Gasteiger partial charge in [0, 0.05) is 31.9 Å². The smallest absolute Gasteiger partial charge is 0.407 e. The number of anilines is 1. The number of hydrogen-bond donors (Lipinski definition) is 5. The van der Waals surface area contributed by atoms with E-state index in [-0.39, 0.29) is 37.5 Å². The molecule has 35 heavy (non-hydrogen) atoms. The van der Waals surface area contributed by atoms with Crippen LogP contribution in [0.5, 0.6) is 0 Å². The molecule has 0 saturated heterocycles. The number of benzene rings is 1. The molecule has 1 amide bonds. The minimum atomic E-state index is -0.785. The molecule has 1 unspecified atom stereocenters. The molecular formula is C23H32N6O6. The number of aromatic amines is 1. The quantitative estimate of drug-likeness (QED) is 0.217. The Bertz CT molecular complexity index is 1280. The first-order valence-corrected chi connectivity index (χ1v) is 11.4. The summed E-state index contributed by atoms with van der Waals surface area (Å²) in [6.07, 6.45) is -0.784. The Morgan fingerprint density at radius 2 is 1.94 bits per heavy atom. The molecule has 2 aliphatic rings. The van der Waals surface area contributed by atoms with Gasteiger partial charge in [0.15, 0.2) is 11.5 Å². The number of nitrogens with one attached hydrogen (secondary N) is 3. The topological polar surface area (TPSA) is 171 Å². The number of ether oxygens (including phenoxy) is 1. The molecule has 0 fully saturated rings. The monoisotopic (exact) mass is 488 g/mol. The third kappa shape index (κ3) is 6.76. The molecule has 2 aliphatic heterocycles. The van der Waals surface area contributed by atoms with E-state index in [9.17, 15) is 19.5 Å². The van der Waals surface area contributed by atoms with Crippen LogP contribution in [0.1, 0.15) is 39.2 Å². The van der Waals surface area contributed by atoms with Crippen LogP contribution < -0.4 is 21.9 Å². The summed E-state index contributed by atoms with van der Waals surface area (Å²) in [4.78, 5) is 46.7. The molecule has 0 aliphatic carbocycles. The number of carbonyl (C=O) groups is 1. The molecule has 1 atom stereocenters. The van der Waals surface area contributed by atoms with E-state index >= 15 is 0 Å². The van der Waals surface area contributed by atoms with Gasteiger partial charge in [-0.15, -0.1) is 0 Å². The standard InChI is InChI=1S/C23H32N6O6/c1-13-11-16-17(12-15(13)24-7-8-25-22(34)35-23(2,3)4)29(9-5-14(31)6-10-30)19-18(26-16)20(32)28-21(33)27-19/h11-12,14,24,30-31H,5-10H2,1-4H3,(H,25,34)(H,28,32,33). The van der Waals surface area contributed by atoms with Crippen molar-refractivity contribution in [1.29, 1.82) is 0 Å². The number of hydrogen-bond acceptors (Lipinski definition) is 9.